The highest BCUT2D eigenvalue weighted by Gasteiger charge is 2.28. The first kappa shape index (κ1) is 15.4. The van der Waals surface area contributed by atoms with Crippen LogP contribution < -0.4 is 5.32 Å². The van der Waals surface area contributed by atoms with Gasteiger partial charge in [-0.2, -0.15) is 0 Å². The zero-order valence-corrected chi connectivity index (χ0v) is 11.7. The smallest absolute Gasteiger partial charge is 0.224 e. The summed E-state index contributed by atoms with van der Waals surface area (Å²) in [7, 11) is 1.53. The molecular weight excluding hydrogens is 232 g/mol. The number of carbonyl (C=O) groups excluding carboxylic acids is 1. The summed E-state index contributed by atoms with van der Waals surface area (Å²) < 4.78 is 4.81. The minimum atomic E-state index is -0.618. The molecule has 1 fully saturated rings. The molecule has 0 bridgehead atoms. The molecule has 0 spiro atoms. The third kappa shape index (κ3) is 5.33. The minimum Gasteiger partial charge on any atom is -0.389 e. The number of nitrogens with zero attached hydrogens (tertiary/aromatic N) is 1. The van der Waals surface area contributed by atoms with Crippen molar-refractivity contribution in [2.24, 2.45) is 11.8 Å². The number of methoxy groups -OCH3 is 1. The maximum atomic E-state index is 11.9. The highest BCUT2D eigenvalue weighted by atomic mass is 16.5. The van der Waals surface area contributed by atoms with Crippen LogP contribution in [-0.2, 0) is 9.53 Å². The van der Waals surface area contributed by atoms with Crippen molar-refractivity contribution in [3.8, 4) is 0 Å². The van der Waals surface area contributed by atoms with Gasteiger partial charge in [-0.05, 0) is 18.9 Å². The molecule has 1 aliphatic heterocycles. The summed E-state index contributed by atoms with van der Waals surface area (Å²) >= 11 is 0. The van der Waals surface area contributed by atoms with E-state index in [4.69, 9.17) is 4.74 Å². The van der Waals surface area contributed by atoms with Crippen molar-refractivity contribution >= 4 is 5.91 Å². The third-order valence-electron chi connectivity index (χ3n) is 3.14. The van der Waals surface area contributed by atoms with E-state index in [1.54, 1.807) is 0 Å². The van der Waals surface area contributed by atoms with Crippen molar-refractivity contribution < 1.29 is 14.6 Å². The fourth-order valence-electron chi connectivity index (χ4n) is 2.34. The fraction of sp³-hybridized carbons (Fsp3) is 0.923. The zero-order chi connectivity index (χ0) is 13.5. The molecule has 18 heavy (non-hydrogen) atoms. The van der Waals surface area contributed by atoms with Gasteiger partial charge in [0, 0.05) is 26.7 Å². The standard InChI is InChI=1S/C13H26N2O3/c1-10(2)7-15-5-4-11(8-15)13(17)14-6-12(16)9-18-3/h10-12,16H,4-9H2,1-3H3,(H,14,17). The van der Waals surface area contributed by atoms with Crippen LogP contribution >= 0.6 is 0 Å². The molecule has 2 N–H and O–H groups in total. The van der Waals surface area contributed by atoms with Gasteiger partial charge < -0.3 is 20.1 Å². The number of hydrogen-bond acceptors (Lipinski definition) is 4. The van der Waals surface area contributed by atoms with E-state index in [0.717, 1.165) is 26.1 Å². The van der Waals surface area contributed by atoms with Gasteiger partial charge in [-0.15, -0.1) is 0 Å². The Kier molecular flexibility index (Phi) is 6.60. The molecule has 106 valence electrons. The van der Waals surface area contributed by atoms with Crippen molar-refractivity contribution in [2.45, 2.75) is 26.4 Å². The molecule has 1 amide bonds. The maximum Gasteiger partial charge on any atom is 0.224 e. The summed E-state index contributed by atoms with van der Waals surface area (Å²) in [6.07, 6.45) is 0.297. The number of hydrogen-bond donors (Lipinski definition) is 2. The van der Waals surface area contributed by atoms with Gasteiger partial charge >= 0.3 is 0 Å². The molecule has 0 aromatic rings. The Balaban J connectivity index is 2.23. The number of amides is 1. The van der Waals surface area contributed by atoms with Crippen LogP contribution in [0.2, 0.25) is 0 Å². The molecule has 1 aliphatic rings. The zero-order valence-electron chi connectivity index (χ0n) is 11.7. The monoisotopic (exact) mass is 258 g/mol. The molecule has 5 heteroatoms. The molecule has 0 radical (unpaired) electrons. The lowest BCUT2D eigenvalue weighted by Crippen LogP contribution is -2.39. The van der Waals surface area contributed by atoms with Crippen LogP contribution in [0.1, 0.15) is 20.3 Å². The van der Waals surface area contributed by atoms with Crippen molar-refractivity contribution in [3.63, 3.8) is 0 Å². The number of carbonyl (C=O) groups is 1. The maximum absolute atomic E-state index is 11.9. The number of likely N-dealkylation sites (tertiary alicyclic amines) is 1. The Morgan fingerprint density at radius 3 is 2.89 bits per heavy atom. The summed E-state index contributed by atoms with van der Waals surface area (Å²) in [6, 6.07) is 0. The molecule has 0 aromatic heterocycles. The van der Waals surface area contributed by atoms with E-state index < -0.39 is 6.10 Å². The lowest BCUT2D eigenvalue weighted by atomic mass is 10.1. The van der Waals surface area contributed by atoms with Gasteiger partial charge in [0.2, 0.25) is 5.91 Å². The number of aliphatic hydroxyl groups is 1. The molecular formula is C13H26N2O3. The normalized spacial score (nSPS) is 22.4. The van der Waals surface area contributed by atoms with Crippen molar-refractivity contribution in [1.29, 1.82) is 0 Å². The van der Waals surface area contributed by atoms with E-state index in [9.17, 15) is 9.90 Å². The first-order valence-corrected chi connectivity index (χ1v) is 6.70. The summed E-state index contributed by atoms with van der Waals surface area (Å²) in [4.78, 5) is 14.2. The van der Waals surface area contributed by atoms with E-state index >= 15 is 0 Å². The highest BCUT2D eigenvalue weighted by Crippen LogP contribution is 2.17. The average Bonchev–Trinajstić information content (AvgIpc) is 2.74. The summed E-state index contributed by atoms with van der Waals surface area (Å²) in [5.74, 6) is 0.755. The SMILES string of the molecule is COCC(O)CNC(=O)C1CCN(CC(C)C)C1. The second-order valence-electron chi connectivity index (χ2n) is 5.49. The highest BCUT2D eigenvalue weighted by molar-refractivity contribution is 5.79. The lowest BCUT2D eigenvalue weighted by Gasteiger charge is -2.18. The van der Waals surface area contributed by atoms with E-state index in [-0.39, 0.29) is 25.0 Å². The van der Waals surface area contributed by atoms with Crippen LogP contribution in [0.25, 0.3) is 0 Å². The molecule has 2 unspecified atom stereocenters. The Bertz CT molecular complexity index is 259. The molecule has 1 heterocycles. The van der Waals surface area contributed by atoms with Gasteiger partial charge in [0.25, 0.3) is 0 Å². The molecule has 0 aromatic carbocycles. The van der Waals surface area contributed by atoms with E-state index in [2.05, 4.69) is 24.1 Å². The third-order valence-corrected chi connectivity index (χ3v) is 3.14. The summed E-state index contributed by atoms with van der Waals surface area (Å²) in [5, 5.41) is 12.2. The Morgan fingerprint density at radius 2 is 2.28 bits per heavy atom. The van der Waals surface area contributed by atoms with Gasteiger partial charge in [-0.1, -0.05) is 13.8 Å². The van der Waals surface area contributed by atoms with E-state index in [0.29, 0.717) is 5.92 Å². The van der Waals surface area contributed by atoms with Crippen molar-refractivity contribution in [2.75, 3.05) is 39.9 Å². The molecule has 0 aliphatic carbocycles. The Labute approximate surface area is 109 Å². The van der Waals surface area contributed by atoms with Crippen LogP contribution in [0, 0.1) is 11.8 Å². The van der Waals surface area contributed by atoms with Gasteiger partial charge in [0.1, 0.15) is 0 Å². The van der Waals surface area contributed by atoms with Gasteiger partial charge in [-0.3, -0.25) is 4.79 Å². The molecule has 1 rings (SSSR count). The number of aliphatic hydroxyl groups excluding tert-OH is 1. The predicted molar refractivity (Wildman–Crippen MR) is 70.3 cm³/mol. The quantitative estimate of drug-likeness (QED) is 0.679. The lowest BCUT2D eigenvalue weighted by molar-refractivity contribution is -0.125. The van der Waals surface area contributed by atoms with E-state index in [1.807, 2.05) is 0 Å². The van der Waals surface area contributed by atoms with E-state index in [1.165, 1.54) is 7.11 Å². The van der Waals surface area contributed by atoms with Gasteiger partial charge in [0.05, 0.1) is 18.6 Å². The molecule has 2 atom stereocenters. The Morgan fingerprint density at radius 1 is 1.56 bits per heavy atom. The van der Waals surface area contributed by atoms with Crippen LogP contribution in [0.3, 0.4) is 0 Å². The number of rotatable bonds is 7. The molecule has 5 nitrogen and oxygen atoms in total. The van der Waals surface area contributed by atoms with Crippen LogP contribution in [0.5, 0.6) is 0 Å². The average molecular weight is 258 g/mol. The predicted octanol–water partition coefficient (Wildman–Crippen LogP) is 0.0878. The summed E-state index contributed by atoms with van der Waals surface area (Å²) in [5.41, 5.74) is 0. The van der Waals surface area contributed by atoms with Gasteiger partial charge in [0.15, 0.2) is 0 Å². The minimum absolute atomic E-state index is 0.0522. The fourth-order valence-corrected chi connectivity index (χ4v) is 2.34. The van der Waals surface area contributed by atoms with Crippen LogP contribution in [0.4, 0.5) is 0 Å². The van der Waals surface area contributed by atoms with Crippen LogP contribution in [0.15, 0.2) is 0 Å². The largest absolute Gasteiger partial charge is 0.389 e. The van der Waals surface area contributed by atoms with Gasteiger partial charge in [-0.25, -0.2) is 0 Å². The number of ether oxygens (including phenoxy) is 1. The van der Waals surface area contributed by atoms with Crippen molar-refractivity contribution in [1.82, 2.24) is 10.2 Å². The molecule has 1 saturated heterocycles. The first-order chi connectivity index (χ1) is 8.52. The number of nitrogens with one attached hydrogen (secondary N) is 1. The second kappa shape index (κ2) is 7.71. The van der Waals surface area contributed by atoms with Crippen LogP contribution in [-0.4, -0.2) is 61.9 Å². The topological polar surface area (TPSA) is 61.8 Å². The van der Waals surface area contributed by atoms with Crippen molar-refractivity contribution in [3.05, 3.63) is 0 Å². The second-order valence-corrected chi connectivity index (χ2v) is 5.49. The first-order valence-electron chi connectivity index (χ1n) is 6.70. The Hall–Kier alpha value is -0.650. The molecule has 0 saturated carbocycles. The summed E-state index contributed by atoms with van der Waals surface area (Å²) in [6.45, 7) is 7.79.